The summed E-state index contributed by atoms with van der Waals surface area (Å²) in [6, 6.07) is 9.90. The SMILES string of the molecule is CNC1=C(c2cc3cc(CN4CCC(N5CCCCC5)CC4)ccc3[nH]2)C=CNC1N. The predicted octanol–water partition coefficient (Wildman–Crippen LogP) is 2.95. The number of piperidine rings is 2. The van der Waals surface area contributed by atoms with Gasteiger partial charge in [0.1, 0.15) is 6.17 Å². The Labute approximate surface area is 185 Å². The number of fused-ring (bicyclic) bond motifs is 1. The Balaban J connectivity index is 1.26. The number of likely N-dealkylation sites (tertiary alicyclic amines) is 2. The highest BCUT2D eigenvalue weighted by molar-refractivity contribution is 5.88. The smallest absolute Gasteiger partial charge is 0.116 e. The third-order valence-corrected chi connectivity index (χ3v) is 7.24. The second kappa shape index (κ2) is 9.07. The summed E-state index contributed by atoms with van der Waals surface area (Å²) in [6.45, 7) is 6.11. The van der Waals surface area contributed by atoms with E-state index in [4.69, 9.17) is 5.73 Å². The number of benzene rings is 1. The topological polar surface area (TPSA) is 72.3 Å². The van der Waals surface area contributed by atoms with E-state index in [1.165, 1.54) is 74.7 Å². The van der Waals surface area contributed by atoms with E-state index in [1.807, 2.05) is 13.2 Å². The summed E-state index contributed by atoms with van der Waals surface area (Å²) in [5.74, 6) is 0. The normalized spacial score (nSPS) is 24.0. The molecule has 1 aromatic carbocycles. The largest absolute Gasteiger partial charge is 0.388 e. The number of H-pyrrole nitrogens is 1. The maximum Gasteiger partial charge on any atom is 0.116 e. The van der Waals surface area contributed by atoms with Crippen molar-refractivity contribution in [3.63, 3.8) is 0 Å². The fraction of sp³-hybridized carbons (Fsp3) is 0.520. The van der Waals surface area contributed by atoms with Crippen LogP contribution >= 0.6 is 0 Å². The molecule has 1 aromatic heterocycles. The molecule has 5 rings (SSSR count). The lowest BCUT2D eigenvalue weighted by Crippen LogP contribution is -2.46. The van der Waals surface area contributed by atoms with Gasteiger partial charge in [0.25, 0.3) is 0 Å². The second-order valence-electron chi connectivity index (χ2n) is 9.26. The van der Waals surface area contributed by atoms with Gasteiger partial charge in [-0.3, -0.25) is 4.90 Å². The first kappa shape index (κ1) is 20.6. The molecule has 0 amide bonds. The average molecular weight is 421 g/mol. The molecule has 4 heterocycles. The Bertz CT molecular complexity index is 960. The standard InChI is InChI=1S/C25H36N6/c1-27-24-21(7-10-28-25(24)26)23-16-19-15-18(5-6-22(19)29-23)17-30-13-8-20(9-14-30)31-11-3-2-4-12-31/h5-7,10,15-16,20,25,27-29H,2-4,8-9,11-14,17,26H2,1H3. The molecule has 2 fully saturated rings. The number of nitrogens with two attached hydrogens (primary N) is 1. The molecule has 0 aliphatic carbocycles. The van der Waals surface area contributed by atoms with Crippen LogP contribution in [-0.4, -0.2) is 60.2 Å². The van der Waals surface area contributed by atoms with Gasteiger partial charge in [0, 0.05) is 41.8 Å². The zero-order valence-electron chi connectivity index (χ0n) is 18.7. The van der Waals surface area contributed by atoms with Gasteiger partial charge >= 0.3 is 0 Å². The van der Waals surface area contributed by atoms with Gasteiger partial charge in [0.05, 0.1) is 5.70 Å². The van der Waals surface area contributed by atoms with Crippen molar-refractivity contribution in [1.29, 1.82) is 0 Å². The molecule has 1 unspecified atom stereocenters. The molecule has 6 nitrogen and oxygen atoms in total. The zero-order chi connectivity index (χ0) is 21.2. The lowest BCUT2D eigenvalue weighted by Gasteiger charge is -2.40. The van der Waals surface area contributed by atoms with Crippen LogP contribution in [0.3, 0.4) is 0 Å². The number of allylic oxidation sites excluding steroid dienone is 2. The van der Waals surface area contributed by atoms with Crippen LogP contribution in [0.5, 0.6) is 0 Å². The maximum absolute atomic E-state index is 6.19. The molecular weight excluding hydrogens is 384 g/mol. The summed E-state index contributed by atoms with van der Waals surface area (Å²) in [5.41, 5.74) is 12.0. The number of rotatable bonds is 5. The fourth-order valence-corrected chi connectivity index (χ4v) is 5.51. The van der Waals surface area contributed by atoms with Crippen LogP contribution in [0.2, 0.25) is 0 Å². The molecule has 0 radical (unpaired) electrons. The molecule has 2 saturated heterocycles. The van der Waals surface area contributed by atoms with E-state index >= 15 is 0 Å². The number of likely N-dealkylation sites (N-methyl/N-ethyl adjacent to an activating group) is 1. The van der Waals surface area contributed by atoms with Crippen molar-refractivity contribution in [3.8, 4) is 0 Å². The Morgan fingerprint density at radius 1 is 1.06 bits per heavy atom. The monoisotopic (exact) mass is 420 g/mol. The molecule has 1 atom stereocenters. The van der Waals surface area contributed by atoms with Gasteiger partial charge in [-0.2, -0.15) is 0 Å². The Hall–Kier alpha value is -2.28. The Morgan fingerprint density at radius 3 is 2.65 bits per heavy atom. The number of aromatic nitrogens is 1. The number of aromatic amines is 1. The van der Waals surface area contributed by atoms with Crippen molar-refractivity contribution in [2.45, 2.75) is 50.9 Å². The number of nitrogens with one attached hydrogen (secondary N) is 3. The molecule has 31 heavy (non-hydrogen) atoms. The second-order valence-corrected chi connectivity index (χ2v) is 9.26. The third-order valence-electron chi connectivity index (χ3n) is 7.24. The van der Waals surface area contributed by atoms with Gasteiger partial charge in [-0.05, 0) is 87.9 Å². The van der Waals surface area contributed by atoms with Gasteiger partial charge in [-0.15, -0.1) is 0 Å². The van der Waals surface area contributed by atoms with Crippen molar-refractivity contribution in [3.05, 3.63) is 53.5 Å². The molecule has 0 saturated carbocycles. The minimum absolute atomic E-state index is 0.208. The van der Waals surface area contributed by atoms with E-state index in [0.29, 0.717) is 0 Å². The van der Waals surface area contributed by atoms with Crippen LogP contribution < -0.4 is 16.4 Å². The van der Waals surface area contributed by atoms with Gasteiger partial charge in [-0.25, -0.2) is 0 Å². The third kappa shape index (κ3) is 4.38. The van der Waals surface area contributed by atoms with Gasteiger partial charge in [-0.1, -0.05) is 12.5 Å². The first-order valence-corrected chi connectivity index (χ1v) is 11.9. The van der Waals surface area contributed by atoms with Crippen LogP contribution in [0.1, 0.15) is 43.4 Å². The highest BCUT2D eigenvalue weighted by atomic mass is 15.2. The Kier molecular flexibility index (Phi) is 6.03. The highest BCUT2D eigenvalue weighted by Crippen LogP contribution is 2.27. The molecular formula is C25H36N6. The minimum atomic E-state index is -0.208. The van der Waals surface area contributed by atoms with Crippen molar-refractivity contribution < 1.29 is 0 Å². The van der Waals surface area contributed by atoms with Crippen molar-refractivity contribution in [2.24, 2.45) is 5.73 Å². The van der Waals surface area contributed by atoms with E-state index in [2.05, 4.69) is 55.8 Å². The van der Waals surface area contributed by atoms with E-state index < -0.39 is 0 Å². The molecule has 3 aliphatic rings. The number of dihydropyridines is 1. The summed E-state index contributed by atoms with van der Waals surface area (Å²) < 4.78 is 0. The average Bonchev–Trinajstić information content (AvgIpc) is 3.23. The van der Waals surface area contributed by atoms with Crippen LogP contribution in [0.25, 0.3) is 16.5 Å². The van der Waals surface area contributed by atoms with Crippen LogP contribution in [0.15, 0.2) is 42.2 Å². The van der Waals surface area contributed by atoms with Gasteiger partial charge in [0.15, 0.2) is 0 Å². The molecule has 0 bridgehead atoms. The highest BCUT2D eigenvalue weighted by Gasteiger charge is 2.25. The van der Waals surface area contributed by atoms with E-state index in [9.17, 15) is 0 Å². The predicted molar refractivity (Wildman–Crippen MR) is 128 cm³/mol. The lowest BCUT2D eigenvalue weighted by molar-refractivity contribution is 0.0897. The van der Waals surface area contributed by atoms with Crippen molar-refractivity contribution in [1.82, 2.24) is 25.4 Å². The van der Waals surface area contributed by atoms with E-state index in [1.54, 1.807) is 0 Å². The van der Waals surface area contributed by atoms with Gasteiger partial charge < -0.3 is 26.3 Å². The summed E-state index contributed by atoms with van der Waals surface area (Å²) in [4.78, 5) is 8.96. The lowest BCUT2D eigenvalue weighted by atomic mass is 9.99. The quantitative estimate of drug-likeness (QED) is 0.599. The molecule has 5 N–H and O–H groups in total. The van der Waals surface area contributed by atoms with Crippen LogP contribution in [-0.2, 0) is 6.54 Å². The molecule has 2 aromatic rings. The van der Waals surface area contributed by atoms with Crippen LogP contribution in [0, 0.1) is 0 Å². The van der Waals surface area contributed by atoms with Crippen molar-refractivity contribution >= 4 is 16.5 Å². The van der Waals surface area contributed by atoms with E-state index in [-0.39, 0.29) is 6.17 Å². The Morgan fingerprint density at radius 2 is 1.87 bits per heavy atom. The van der Waals surface area contributed by atoms with Crippen molar-refractivity contribution in [2.75, 3.05) is 33.2 Å². The summed E-state index contributed by atoms with van der Waals surface area (Å²) >= 11 is 0. The molecule has 3 aliphatic heterocycles. The molecule has 166 valence electrons. The fourth-order valence-electron chi connectivity index (χ4n) is 5.51. The number of hydrogen-bond donors (Lipinski definition) is 4. The molecule has 6 heteroatoms. The van der Waals surface area contributed by atoms with Crippen LogP contribution in [0.4, 0.5) is 0 Å². The maximum atomic E-state index is 6.19. The summed E-state index contributed by atoms with van der Waals surface area (Å²) in [6.07, 6.45) is 10.6. The van der Waals surface area contributed by atoms with Gasteiger partial charge in [0.2, 0.25) is 0 Å². The summed E-state index contributed by atoms with van der Waals surface area (Å²) in [5, 5.41) is 7.66. The van der Waals surface area contributed by atoms with E-state index in [0.717, 1.165) is 29.6 Å². The minimum Gasteiger partial charge on any atom is -0.388 e. The summed E-state index contributed by atoms with van der Waals surface area (Å²) in [7, 11) is 1.92. The first-order valence-electron chi connectivity index (χ1n) is 11.9. The first-order chi connectivity index (χ1) is 15.2. The zero-order valence-corrected chi connectivity index (χ0v) is 18.7. The molecule has 0 spiro atoms. The number of nitrogens with zero attached hydrogens (tertiary/aromatic N) is 2. The number of hydrogen-bond acceptors (Lipinski definition) is 5.